The molecule has 126 valence electrons. The molecule has 4 nitrogen and oxygen atoms in total. The average Bonchev–Trinajstić information content (AvgIpc) is 2.55. The van der Waals surface area contributed by atoms with Gasteiger partial charge in [-0.3, -0.25) is 4.79 Å². The quantitative estimate of drug-likeness (QED) is 0.839. The zero-order valence-electron chi connectivity index (χ0n) is 13.5. The molecule has 6 heteroatoms. The highest BCUT2D eigenvalue weighted by molar-refractivity contribution is 5.92. The van der Waals surface area contributed by atoms with Crippen LogP contribution in [0.2, 0.25) is 0 Å². The first-order chi connectivity index (χ1) is 11.0. The number of halogens is 2. The highest BCUT2D eigenvalue weighted by Gasteiger charge is 2.31. The van der Waals surface area contributed by atoms with Crippen LogP contribution in [0, 0.1) is 23.5 Å². The summed E-state index contributed by atoms with van der Waals surface area (Å²) in [6.07, 6.45) is 5.26. The first kappa shape index (κ1) is 16.3. The van der Waals surface area contributed by atoms with E-state index in [0.717, 1.165) is 38.0 Å². The van der Waals surface area contributed by atoms with Gasteiger partial charge in [0.15, 0.2) is 11.5 Å². The average molecular weight is 323 g/mol. The van der Waals surface area contributed by atoms with Crippen molar-refractivity contribution in [3.63, 3.8) is 0 Å². The summed E-state index contributed by atoms with van der Waals surface area (Å²) < 4.78 is 26.6. The van der Waals surface area contributed by atoms with Gasteiger partial charge in [-0.15, -0.1) is 0 Å². The Labute approximate surface area is 135 Å². The van der Waals surface area contributed by atoms with Gasteiger partial charge in [-0.2, -0.15) is 0 Å². The maximum absolute atomic E-state index is 13.7. The minimum Gasteiger partial charge on any atom is -0.337 e. The Bertz CT molecular complexity index is 565. The van der Waals surface area contributed by atoms with E-state index in [0.29, 0.717) is 25.1 Å². The van der Waals surface area contributed by atoms with Crippen LogP contribution in [-0.4, -0.2) is 53.9 Å². The van der Waals surface area contributed by atoms with Crippen molar-refractivity contribution in [1.82, 2.24) is 14.8 Å². The maximum atomic E-state index is 13.7. The van der Waals surface area contributed by atoms with E-state index in [4.69, 9.17) is 0 Å². The Morgan fingerprint density at radius 2 is 1.65 bits per heavy atom. The molecular weight excluding hydrogens is 300 g/mol. The van der Waals surface area contributed by atoms with Crippen molar-refractivity contribution in [3.05, 3.63) is 29.6 Å². The summed E-state index contributed by atoms with van der Waals surface area (Å²) in [7, 11) is 2.15. The summed E-state index contributed by atoms with van der Waals surface area (Å²) >= 11 is 0. The number of rotatable bonds is 2. The molecule has 0 atom stereocenters. The molecule has 0 unspecified atom stereocenters. The van der Waals surface area contributed by atoms with Crippen LogP contribution in [0.3, 0.4) is 0 Å². The summed E-state index contributed by atoms with van der Waals surface area (Å²) in [5.74, 6) is -0.681. The van der Waals surface area contributed by atoms with Gasteiger partial charge >= 0.3 is 0 Å². The summed E-state index contributed by atoms with van der Waals surface area (Å²) in [5, 5.41) is 0. The zero-order chi connectivity index (χ0) is 16.4. The number of carbonyl (C=O) groups excluding carboxylic acids is 1. The van der Waals surface area contributed by atoms with Crippen LogP contribution >= 0.6 is 0 Å². The number of carbonyl (C=O) groups is 1. The molecule has 1 amide bonds. The molecule has 2 aliphatic heterocycles. The van der Waals surface area contributed by atoms with E-state index in [1.807, 2.05) is 0 Å². The monoisotopic (exact) mass is 323 g/mol. The standard InChI is InChI=1S/C17H23F2N3O/c1-21-6-2-12(3-7-21)13-4-8-22(9-5-13)17(23)16-15(19)10-14(18)11-20-16/h10-13H,2-9H2,1H3. The van der Waals surface area contributed by atoms with Gasteiger partial charge in [0.1, 0.15) is 5.82 Å². The second kappa shape index (κ2) is 6.91. The molecule has 23 heavy (non-hydrogen) atoms. The van der Waals surface area contributed by atoms with Crippen molar-refractivity contribution in [3.8, 4) is 0 Å². The number of amides is 1. The molecule has 0 radical (unpaired) electrons. The van der Waals surface area contributed by atoms with E-state index in [-0.39, 0.29) is 5.69 Å². The van der Waals surface area contributed by atoms with Crippen LogP contribution in [0.1, 0.15) is 36.2 Å². The number of piperidine rings is 2. The highest BCUT2D eigenvalue weighted by Crippen LogP contribution is 2.32. The number of aromatic nitrogens is 1. The normalized spacial score (nSPS) is 21.6. The Kier molecular flexibility index (Phi) is 4.90. The fraction of sp³-hybridized carbons (Fsp3) is 0.647. The molecule has 1 aromatic heterocycles. The third-order valence-corrected chi connectivity index (χ3v) is 5.27. The van der Waals surface area contributed by atoms with Crippen LogP contribution in [0.15, 0.2) is 12.3 Å². The van der Waals surface area contributed by atoms with Gasteiger partial charge in [0.25, 0.3) is 5.91 Å². The summed E-state index contributed by atoms with van der Waals surface area (Å²) in [4.78, 5) is 20.0. The smallest absolute Gasteiger partial charge is 0.275 e. The molecule has 0 N–H and O–H groups in total. The largest absolute Gasteiger partial charge is 0.337 e. The second-order valence-electron chi connectivity index (χ2n) is 6.75. The van der Waals surface area contributed by atoms with E-state index in [1.54, 1.807) is 4.90 Å². The predicted octanol–water partition coefficient (Wildman–Crippen LogP) is 2.55. The second-order valence-corrected chi connectivity index (χ2v) is 6.75. The molecule has 0 saturated carbocycles. The van der Waals surface area contributed by atoms with Crippen molar-refractivity contribution in [2.75, 3.05) is 33.2 Å². The topological polar surface area (TPSA) is 36.4 Å². The molecule has 2 aliphatic rings. The number of nitrogens with zero attached hydrogens (tertiary/aromatic N) is 3. The molecule has 3 heterocycles. The SMILES string of the molecule is CN1CCC(C2CCN(C(=O)c3ncc(F)cc3F)CC2)CC1. The Balaban J connectivity index is 1.57. The van der Waals surface area contributed by atoms with Crippen molar-refractivity contribution in [2.24, 2.45) is 11.8 Å². The van der Waals surface area contributed by atoms with Gasteiger partial charge in [-0.25, -0.2) is 13.8 Å². The molecule has 2 saturated heterocycles. The van der Waals surface area contributed by atoms with Gasteiger partial charge in [0, 0.05) is 19.2 Å². The Morgan fingerprint density at radius 3 is 2.22 bits per heavy atom. The van der Waals surface area contributed by atoms with Gasteiger partial charge < -0.3 is 9.80 Å². The lowest BCUT2D eigenvalue weighted by Crippen LogP contribution is -2.42. The number of pyridine rings is 1. The van der Waals surface area contributed by atoms with E-state index < -0.39 is 17.5 Å². The summed E-state index contributed by atoms with van der Waals surface area (Å²) in [6, 6.07) is 0.714. The number of hydrogen-bond acceptors (Lipinski definition) is 3. The number of hydrogen-bond donors (Lipinski definition) is 0. The molecule has 0 aliphatic carbocycles. The van der Waals surface area contributed by atoms with E-state index in [2.05, 4.69) is 16.9 Å². The van der Waals surface area contributed by atoms with E-state index in [1.165, 1.54) is 12.8 Å². The first-order valence-electron chi connectivity index (χ1n) is 8.33. The summed E-state index contributed by atoms with van der Waals surface area (Å²) in [6.45, 7) is 3.56. The Hall–Kier alpha value is -1.56. The van der Waals surface area contributed by atoms with Gasteiger partial charge in [-0.05, 0) is 57.7 Å². The zero-order valence-corrected chi connectivity index (χ0v) is 13.5. The van der Waals surface area contributed by atoms with Gasteiger partial charge in [-0.1, -0.05) is 0 Å². The lowest BCUT2D eigenvalue weighted by molar-refractivity contribution is 0.0605. The van der Waals surface area contributed by atoms with E-state index >= 15 is 0 Å². The molecule has 0 bridgehead atoms. The molecule has 3 rings (SSSR count). The van der Waals surface area contributed by atoms with Crippen LogP contribution in [0.4, 0.5) is 8.78 Å². The van der Waals surface area contributed by atoms with Crippen molar-refractivity contribution < 1.29 is 13.6 Å². The lowest BCUT2D eigenvalue weighted by atomic mass is 9.79. The van der Waals surface area contributed by atoms with E-state index in [9.17, 15) is 13.6 Å². The number of likely N-dealkylation sites (tertiary alicyclic amines) is 2. The molecular formula is C17H23F2N3O. The fourth-order valence-corrected chi connectivity index (χ4v) is 3.80. The van der Waals surface area contributed by atoms with Crippen molar-refractivity contribution >= 4 is 5.91 Å². The van der Waals surface area contributed by atoms with Crippen molar-refractivity contribution in [2.45, 2.75) is 25.7 Å². The van der Waals surface area contributed by atoms with Gasteiger partial charge in [0.05, 0.1) is 6.20 Å². The maximum Gasteiger partial charge on any atom is 0.275 e. The highest BCUT2D eigenvalue weighted by atomic mass is 19.1. The minimum absolute atomic E-state index is 0.274. The first-order valence-corrected chi connectivity index (χ1v) is 8.33. The third-order valence-electron chi connectivity index (χ3n) is 5.27. The third kappa shape index (κ3) is 3.68. The Morgan fingerprint density at radius 1 is 1.09 bits per heavy atom. The minimum atomic E-state index is -0.882. The lowest BCUT2D eigenvalue weighted by Gasteiger charge is -2.39. The predicted molar refractivity (Wildman–Crippen MR) is 83.0 cm³/mol. The van der Waals surface area contributed by atoms with Gasteiger partial charge in [0.2, 0.25) is 0 Å². The van der Waals surface area contributed by atoms with Crippen LogP contribution < -0.4 is 0 Å². The summed E-state index contributed by atoms with van der Waals surface area (Å²) in [5.41, 5.74) is -0.274. The molecule has 0 spiro atoms. The molecule has 2 fully saturated rings. The van der Waals surface area contributed by atoms with Crippen molar-refractivity contribution in [1.29, 1.82) is 0 Å². The molecule has 0 aromatic carbocycles. The fourth-order valence-electron chi connectivity index (χ4n) is 3.80. The van der Waals surface area contributed by atoms with Crippen LogP contribution in [0.5, 0.6) is 0 Å². The van der Waals surface area contributed by atoms with Crippen LogP contribution in [-0.2, 0) is 0 Å². The van der Waals surface area contributed by atoms with Crippen LogP contribution in [0.25, 0.3) is 0 Å². The molecule has 1 aromatic rings.